The SMILES string of the molecule is COc1cccc2c1CCC(NCc1ccccc1)=C2. The third-order valence-electron chi connectivity index (χ3n) is 3.73. The van der Waals surface area contributed by atoms with Crippen molar-refractivity contribution in [2.45, 2.75) is 19.4 Å². The number of ether oxygens (including phenoxy) is 1. The summed E-state index contributed by atoms with van der Waals surface area (Å²) in [5.41, 5.74) is 5.20. The third kappa shape index (κ3) is 2.69. The molecule has 0 fully saturated rings. The third-order valence-corrected chi connectivity index (χ3v) is 3.73. The van der Waals surface area contributed by atoms with Crippen LogP contribution >= 0.6 is 0 Å². The van der Waals surface area contributed by atoms with E-state index in [0.29, 0.717) is 0 Å². The van der Waals surface area contributed by atoms with E-state index in [1.165, 1.54) is 22.4 Å². The molecule has 2 aromatic rings. The number of allylic oxidation sites excluding steroid dienone is 1. The first-order valence-corrected chi connectivity index (χ1v) is 7.01. The Bertz CT molecular complexity index is 617. The van der Waals surface area contributed by atoms with E-state index >= 15 is 0 Å². The van der Waals surface area contributed by atoms with Crippen LogP contribution < -0.4 is 10.1 Å². The van der Waals surface area contributed by atoms with E-state index in [4.69, 9.17) is 4.74 Å². The number of rotatable bonds is 4. The maximum absolute atomic E-state index is 5.43. The van der Waals surface area contributed by atoms with Crippen molar-refractivity contribution in [3.05, 3.63) is 70.9 Å². The molecule has 20 heavy (non-hydrogen) atoms. The highest BCUT2D eigenvalue weighted by molar-refractivity contribution is 5.62. The highest BCUT2D eigenvalue weighted by atomic mass is 16.5. The highest BCUT2D eigenvalue weighted by Crippen LogP contribution is 2.30. The van der Waals surface area contributed by atoms with Gasteiger partial charge in [0.1, 0.15) is 5.75 Å². The lowest BCUT2D eigenvalue weighted by molar-refractivity contribution is 0.409. The second-order valence-electron chi connectivity index (χ2n) is 5.04. The molecule has 0 atom stereocenters. The standard InChI is InChI=1S/C18H19NO/c1-20-18-9-5-8-15-12-16(10-11-17(15)18)19-13-14-6-3-2-4-7-14/h2-9,12,19H,10-11,13H2,1H3. The number of benzene rings is 2. The van der Waals surface area contributed by atoms with Gasteiger partial charge in [-0.2, -0.15) is 0 Å². The first-order chi connectivity index (χ1) is 9.86. The zero-order valence-electron chi connectivity index (χ0n) is 11.7. The average molecular weight is 265 g/mol. The van der Waals surface area contributed by atoms with Gasteiger partial charge in [0.2, 0.25) is 0 Å². The van der Waals surface area contributed by atoms with Crippen molar-refractivity contribution >= 4 is 6.08 Å². The van der Waals surface area contributed by atoms with E-state index in [-0.39, 0.29) is 0 Å². The van der Waals surface area contributed by atoms with Gasteiger partial charge >= 0.3 is 0 Å². The Kier molecular flexibility index (Phi) is 3.73. The zero-order chi connectivity index (χ0) is 13.8. The van der Waals surface area contributed by atoms with Gasteiger partial charge in [-0.3, -0.25) is 0 Å². The summed E-state index contributed by atoms with van der Waals surface area (Å²) < 4.78 is 5.43. The Balaban J connectivity index is 1.74. The molecule has 0 bridgehead atoms. The normalized spacial score (nSPS) is 13.3. The van der Waals surface area contributed by atoms with Gasteiger partial charge in [-0.1, -0.05) is 42.5 Å². The quantitative estimate of drug-likeness (QED) is 0.908. The molecular formula is C18H19NO. The molecule has 1 aliphatic rings. The lowest BCUT2D eigenvalue weighted by Gasteiger charge is -2.20. The van der Waals surface area contributed by atoms with Crippen molar-refractivity contribution in [3.8, 4) is 5.75 Å². The number of nitrogens with one attached hydrogen (secondary N) is 1. The Morgan fingerprint density at radius 1 is 1.00 bits per heavy atom. The zero-order valence-corrected chi connectivity index (χ0v) is 11.7. The fourth-order valence-electron chi connectivity index (χ4n) is 2.65. The van der Waals surface area contributed by atoms with Gasteiger partial charge in [0, 0.05) is 17.8 Å². The van der Waals surface area contributed by atoms with Gasteiger partial charge in [-0.25, -0.2) is 0 Å². The second-order valence-corrected chi connectivity index (χ2v) is 5.04. The van der Waals surface area contributed by atoms with Crippen molar-refractivity contribution in [1.82, 2.24) is 5.32 Å². The molecule has 2 heteroatoms. The van der Waals surface area contributed by atoms with Gasteiger partial charge in [0.15, 0.2) is 0 Å². The van der Waals surface area contributed by atoms with Crippen molar-refractivity contribution in [2.24, 2.45) is 0 Å². The molecule has 0 aliphatic heterocycles. The van der Waals surface area contributed by atoms with Crippen LogP contribution in [0.25, 0.3) is 6.08 Å². The van der Waals surface area contributed by atoms with Crippen LogP contribution in [0.15, 0.2) is 54.2 Å². The molecule has 2 nitrogen and oxygen atoms in total. The molecule has 102 valence electrons. The molecule has 0 heterocycles. The molecular weight excluding hydrogens is 246 g/mol. The molecule has 3 rings (SSSR count). The summed E-state index contributed by atoms with van der Waals surface area (Å²) in [5, 5.41) is 3.54. The van der Waals surface area contributed by atoms with Crippen LogP contribution in [-0.4, -0.2) is 7.11 Å². The summed E-state index contributed by atoms with van der Waals surface area (Å²) >= 11 is 0. The largest absolute Gasteiger partial charge is 0.496 e. The minimum Gasteiger partial charge on any atom is -0.496 e. The molecule has 0 saturated heterocycles. The monoisotopic (exact) mass is 265 g/mol. The van der Waals surface area contributed by atoms with Crippen LogP contribution in [0.5, 0.6) is 5.75 Å². The van der Waals surface area contributed by atoms with Crippen LogP contribution in [-0.2, 0) is 13.0 Å². The van der Waals surface area contributed by atoms with Crippen molar-refractivity contribution in [3.63, 3.8) is 0 Å². The number of fused-ring (bicyclic) bond motifs is 1. The van der Waals surface area contributed by atoms with E-state index in [9.17, 15) is 0 Å². The van der Waals surface area contributed by atoms with E-state index in [0.717, 1.165) is 25.1 Å². The molecule has 2 aromatic carbocycles. The Morgan fingerprint density at radius 3 is 2.65 bits per heavy atom. The molecule has 0 amide bonds. The number of hydrogen-bond acceptors (Lipinski definition) is 2. The topological polar surface area (TPSA) is 21.3 Å². The smallest absolute Gasteiger partial charge is 0.122 e. The number of hydrogen-bond donors (Lipinski definition) is 1. The summed E-state index contributed by atoms with van der Waals surface area (Å²) in [6.07, 6.45) is 4.32. The predicted octanol–water partition coefficient (Wildman–Crippen LogP) is 3.77. The first kappa shape index (κ1) is 12.8. The van der Waals surface area contributed by atoms with Crippen molar-refractivity contribution in [2.75, 3.05) is 7.11 Å². The second kappa shape index (κ2) is 5.83. The lowest BCUT2D eigenvalue weighted by Crippen LogP contribution is -2.16. The van der Waals surface area contributed by atoms with Gasteiger partial charge < -0.3 is 10.1 Å². The molecule has 1 aliphatic carbocycles. The summed E-state index contributed by atoms with van der Waals surface area (Å²) in [6, 6.07) is 16.7. The molecule has 0 spiro atoms. The Labute approximate surface area is 120 Å². The van der Waals surface area contributed by atoms with Crippen LogP contribution in [0.3, 0.4) is 0 Å². The fraction of sp³-hybridized carbons (Fsp3) is 0.222. The van der Waals surface area contributed by atoms with Crippen LogP contribution in [0.4, 0.5) is 0 Å². The summed E-state index contributed by atoms with van der Waals surface area (Å²) in [6.45, 7) is 0.881. The Morgan fingerprint density at radius 2 is 1.85 bits per heavy atom. The van der Waals surface area contributed by atoms with Crippen LogP contribution in [0, 0.1) is 0 Å². The first-order valence-electron chi connectivity index (χ1n) is 7.01. The minimum atomic E-state index is 0.881. The molecule has 0 saturated carbocycles. The van der Waals surface area contributed by atoms with Gasteiger partial charge in [0.25, 0.3) is 0 Å². The summed E-state index contributed by atoms with van der Waals surface area (Å²) in [7, 11) is 1.74. The van der Waals surface area contributed by atoms with Gasteiger partial charge in [-0.05, 0) is 36.1 Å². The van der Waals surface area contributed by atoms with E-state index in [1.54, 1.807) is 7.11 Å². The van der Waals surface area contributed by atoms with Crippen LogP contribution in [0.1, 0.15) is 23.1 Å². The molecule has 1 N–H and O–H groups in total. The lowest BCUT2D eigenvalue weighted by atomic mass is 9.94. The van der Waals surface area contributed by atoms with Crippen LogP contribution in [0.2, 0.25) is 0 Å². The average Bonchev–Trinajstić information content (AvgIpc) is 2.53. The van der Waals surface area contributed by atoms with Gasteiger partial charge in [-0.15, -0.1) is 0 Å². The molecule has 0 unspecified atom stereocenters. The Hall–Kier alpha value is -2.22. The predicted molar refractivity (Wildman–Crippen MR) is 82.6 cm³/mol. The van der Waals surface area contributed by atoms with E-state index in [2.05, 4.69) is 41.7 Å². The summed E-state index contributed by atoms with van der Waals surface area (Å²) in [4.78, 5) is 0. The summed E-state index contributed by atoms with van der Waals surface area (Å²) in [5.74, 6) is 1.00. The maximum Gasteiger partial charge on any atom is 0.122 e. The van der Waals surface area contributed by atoms with Gasteiger partial charge in [0.05, 0.1) is 7.11 Å². The maximum atomic E-state index is 5.43. The molecule has 0 radical (unpaired) electrons. The number of methoxy groups -OCH3 is 1. The van der Waals surface area contributed by atoms with Crippen molar-refractivity contribution < 1.29 is 4.74 Å². The minimum absolute atomic E-state index is 0.881. The molecule has 0 aromatic heterocycles. The fourth-order valence-corrected chi connectivity index (χ4v) is 2.65. The highest BCUT2D eigenvalue weighted by Gasteiger charge is 2.13. The van der Waals surface area contributed by atoms with E-state index < -0.39 is 0 Å². The van der Waals surface area contributed by atoms with E-state index in [1.807, 2.05) is 18.2 Å². The van der Waals surface area contributed by atoms with Crippen molar-refractivity contribution in [1.29, 1.82) is 0 Å².